The van der Waals surface area contributed by atoms with E-state index in [0.717, 1.165) is 0 Å². The summed E-state index contributed by atoms with van der Waals surface area (Å²) in [5.41, 5.74) is 0.131. The Morgan fingerprint density at radius 1 is 1.21 bits per heavy atom. The SMILES string of the molecule is CC(C)c1c[nH]c(=O)n(C(C)C)c1=O. The Morgan fingerprint density at radius 3 is 2.21 bits per heavy atom. The van der Waals surface area contributed by atoms with Gasteiger partial charge < -0.3 is 4.98 Å². The van der Waals surface area contributed by atoms with Gasteiger partial charge >= 0.3 is 5.69 Å². The third-order valence-electron chi connectivity index (χ3n) is 2.17. The first-order valence-corrected chi connectivity index (χ1v) is 4.79. The largest absolute Gasteiger partial charge is 0.328 e. The van der Waals surface area contributed by atoms with Crippen molar-refractivity contribution in [2.24, 2.45) is 0 Å². The molecule has 0 aliphatic rings. The van der Waals surface area contributed by atoms with Crippen LogP contribution in [0.2, 0.25) is 0 Å². The van der Waals surface area contributed by atoms with E-state index < -0.39 is 0 Å². The summed E-state index contributed by atoms with van der Waals surface area (Å²) in [6, 6.07) is -0.107. The van der Waals surface area contributed by atoms with E-state index >= 15 is 0 Å². The predicted molar refractivity (Wildman–Crippen MR) is 55.8 cm³/mol. The van der Waals surface area contributed by atoms with E-state index in [1.807, 2.05) is 27.7 Å². The van der Waals surface area contributed by atoms with Crippen molar-refractivity contribution in [2.45, 2.75) is 39.7 Å². The van der Waals surface area contributed by atoms with Crippen molar-refractivity contribution in [1.29, 1.82) is 0 Å². The van der Waals surface area contributed by atoms with E-state index in [-0.39, 0.29) is 23.2 Å². The van der Waals surface area contributed by atoms with Gasteiger partial charge in [0, 0.05) is 17.8 Å². The van der Waals surface area contributed by atoms with E-state index in [2.05, 4.69) is 4.98 Å². The summed E-state index contributed by atoms with van der Waals surface area (Å²) in [5, 5.41) is 0. The van der Waals surface area contributed by atoms with Crippen LogP contribution in [-0.2, 0) is 0 Å². The van der Waals surface area contributed by atoms with Gasteiger partial charge in [-0.1, -0.05) is 13.8 Å². The first-order chi connectivity index (χ1) is 6.45. The molecule has 0 bridgehead atoms. The highest BCUT2D eigenvalue weighted by molar-refractivity contribution is 5.09. The lowest BCUT2D eigenvalue weighted by Gasteiger charge is -2.11. The molecule has 4 nitrogen and oxygen atoms in total. The van der Waals surface area contributed by atoms with Crippen molar-refractivity contribution >= 4 is 0 Å². The lowest BCUT2D eigenvalue weighted by molar-refractivity contribution is 0.536. The normalized spacial score (nSPS) is 11.3. The van der Waals surface area contributed by atoms with Crippen molar-refractivity contribution in [3.63, 3.8) is 0 Å². The number of hydrogen-bond acceptors (Lipinski definition) is 2. The molecule has 1 aromatic heterocycles. The van der Waals surface area contributed by atoms with Crippen LogP contribution in [0, 0.1) is 0 Å². The second kappa shape index (κ2) is 3.82. The number of hydrogen-bond donors (Lipinski definition) is 1. The summed E-state index contributed by atoms with van der Waals surface area (Å²) in [6.07, 6.45) is 1.51. The smallest absolute Gasteiger partial charge is 0.314 e. The minimum absolute atomic E-state index is 0.107. The molecular weight excluding hydrogens is 180 g/mol. The molecule has 78 valence electrons. The van der Waals surface area contributed by atoms with Gasteiger partial charge in [0.25, 0.3) is 5.56 Å². The van der Waals surface area contributed by atoms with Crippen LogP contribution in [0.4, 0.5) is 0 Å². The van der Waals surface area contributed by atoms with Crippen molar-refractivity contribution in [2.75, 3.05) is 0 Å². The molecule has 0 unspecified atom stereocenters. The average molecular weight is 196 g/mol. The Balaban J connectivity index is 3.50. The summed E-state index contributed by atoms with van der Waals surface area (Å²) in [6.45, 7) is 7.50. The topological polar surface area (TPSA) is 54.9 Å². The van der Waals surface area contributed by atoms with Crippen LogP contribution >= 0.6 is 0 Å². The molecular formula is C10H16N2O2. The number of nitrogens with one attached hydrogen (secondary N) is 1. The molecule has 0 radical (unpaired) electrons. The fourth-order valence-electron chi connectivity index (χ4n) is 1.38. The standard InChI is InChI=1S/C10H16N2O2/c1-6(2)8-5-11-10(14)12(7(3)4)9(8)13/h5-7H,1-4H3,(H,11,14). The first kappa shape index (κ1) is 10.8. The molecule has 1 heterocycles. The van der Waals surface area contributed by atoms with Gasteiger partial charge in [-0.05, 0) is 19.8 Å². The molecule has 0 saturated carbocycles. The van der Waals surface area contributed by atoms with E-state index in [9.17, 15) is 9.59 Å². The molecule has 1 N–H and O–H groups in total. The van der Waals surface area contributed by atoms with Crippen molar-refractivity contribution in [3.8, 4) is 0 Å². The van der Waals surface area contributed by atoms with Gasteiger partial charge in [0.15, 0.2) is 0 Å². The van der Waals surface area contributed by atoms with Gasteiger partial charge in [-0.2, -0.15) is 0 Å². The van der Waals surface area contributed by atoms with E-state index in [0.29, 0.717) is 5.56 Å². The summed E-state index contributed by atoms with van der Waals surface area (Å²) in [5.74, 6) is 0.129. The molecule has 4 heteroatoms. The minimum atomic E-state index is -0.339. The Morgan fingerprint density at radius 2 is 1.79 bits per heavy atom. The zero-order valence-corrected chi connectivity index (χ0v) is 9.00. The highest BCUT2D eigenvalue weighted by Crippen LogP contribution is 2.07. The van der Waals surface area contributed by atoms with Crippen LogP contribution in [0.15, 0.2) is 15.8 Å². The molecule has 0 saturated heterocycles. The maximum atomic E-state index is 11.8. The number of nitrogens with zero attached hydrogens (tertiary/aromatic N) is 1. The molecule has 1 rings (SSSR count). The fraction of sp³-hybridized carbons (Fsp3) is 0.600. The van der Waals surface area contributed by atoms with Gasteiger partial charge in [-0.3, -0.25) is 9.36 Å². The second-order valence-electron chi connectivity index (χ2n) is 3.97. The van der Waals surface area contributed by atoms with Crippen LogP contribution < -0.4 is 11.2 Å². The van der Waals surface area contributed by atoms with Gasteiger partial charge in [0.2, 0.25) is 0 Å². The molecule has 0 aromatic carbocycles. The third kappa shape index (κ3) is 1.78. The van der Waals surface area contributed by atoms with Crippen molar-refractivity contribution in [1.82, 2.24) is 9.55 Å². The van der Waals surface area contributed by atoms with Gasteiger partial charge in [0.1, 0.15) is 0 Å². The van der Waals surface area contributed by atoms with E-state index in [1.165, 1.54) is 10.8 Å². The molecule has 0 aliphatic heterocycles. The molecule has 0 aliphatic carbocycles. The Bertz CT molecular complexity index is 426. The molecule has 0 spiro atoms. The lowest BCUT2D eigenvalue weighted by Crippen LogP contribution is -2.38. The van der Waals surface area contributed by atoms with Crippen LogP contribution in [-0.4, -0.2) is 9.55 Å². The number of H-pyrrole nitrogens is 1. The maximum absolute atomic E-state index is 11.8. The second-order valence-corrected chi connectivity index (χ2v) is 3.97. The average Bonchev–Trinajstić information content (AvgIpc) is 2.02. The first-order valence-electron chi connectivity index (χ1n) is 4.79. The quantitative estimate of drug-likeness (QED) is 0.773. The van der Waals surface area contributed by atoms with Gasteiger partial charge in [-0.15, -0.1) is 0 Å². The number of aromatic nitrogens is 2. The Hall–Kier alpha value is -1.32. The third-order valence-corrected chi connectivity index (χ3v) is 2.17. The summed E-state index contributed by atoms with van der Waals surface area (Å²) >= 11 is 0. The fourth-order valence-corrected chi connectivity index (χ4v) is 1.38. The highest BCUT2D eigenvalue weighted by Gasteiger charge is 2.11. The van der Waals surface area contributed by atoms with E-state index in [1.54, 1.807) is 0 Å². The van der Waals surface area contributed by atoms with Crippen molar-refractivity contribution in [3.05, 3.63) is 32.6 Å². The number of aromatic amines is 1. The Labute approximate surface area is 82.6 Å². The van der Waals surface area contributed by atoms with Crippen LogP contribution in [0.5, 0.6) is 0 Å². The maximum Gasteiger partial charge on any atom is 0.328 e. The van der Waals surface area contributed by atoms with Gasteiger partial charge in [0.05, 0.1) is 0 Å². The van der Waals surface area contributed by atoms with Crippen LogP contribution in [0.1, 0.15) is 45.2 Å². The Kier molecular flexibility index (Phi) is 2.93. The number of rotatable bonds is 2. The lowest BCUT2D eigenvalue weighted by atomic mass is 10.1. The highest BCUT2D eigenvalue weighted by atomic mass is 16.2. The molecule has 0 atom stereocenters. The molecule has 0 fully saturated rings. The molecule has 1 aromatic rings. The van der Waals surface area contributed by atoms with Gasteiger partial charge in [-0.25, -0.2) is 4.79 Å². The van der Waals surface area contributed by atoms with E-state index in [4.69, 9.17) is 0 Å². The summed E-state index contributed by atoms with van der Waals surface area (Å²) < 4.78 is 1.25. The van der Waals surface area contributed by atoms with Crippen molar-refractivity contribution < 1.29 is 0 Å². The zero-order valence-electron chi connectivity index (χ0n) is 9.00. The van der Waals surface area contributed by atoms with Crippen LogP contribution in [0.25, 0.3) is 0 Å². The molecule has 0 amide bonds. The zero-order chi connectivity index (χ0) is 10.9. The summed E-state index contributed by atoms with van der Waals surface area (Å²) in [7, 11) is 0. The summed E-state index contributed by atoms with van der Waals surface area (Å²) in [4.78, 5) is 25.8. The molecule has 14 heavy (non-hydrogen) atoms. The predicted octanol–water partition coefficient (Wildman–Crippen LogP) is 1.24. The minimum Gasteiger partial charge on any atom is -0.314 e. The van der Waals surface area contributed by atoms with Crippen LogP contribution in [0.3, 0.4) is 0 Å². The monoisotopic (exact) mass is 196 g/mol.